The predicted molar refractivity (Wildman–Crippen MR) is 86.8 cm³/mol. The van der Waals surface area contributed by atoms with E-state index in [0.29, 0.717) is 0 Å². The molecular formula is C17H20O5S. The van der Waals surface area contributed by atoms with Crippen molar-refractivity contribution in [2.24, 2.45) is 0 Å². The van der Waals surface area contributed by atoms with Gasteiger partial charge in [0.05, 0.1) is 12.7 Å². The summed E-state index contributed by atoms with van der Waals surface area (Å²) in [4.78, 5) is -0.0420. The van der Waals surface area contributed by atoms with Gasteiger partial charge in [0.25, 0.3) is 0 Å². The summed E-state index contributed by atoms with van der Waals surface area (Å²) in [6.07, 6.45) is -0.871. The van der Waals surface area contributed by atoms with Crippen molar-refractivity contribution in [3.63, 3.8) is 0 Å². The molecule has 0 aliphatic carbocycles. The molecule has 2 aromatic carbocycles. The molecule has 2 rings (SSSR count). The van der Waals surface area contributed by atoms with Crippen molar-refractivity contribution in [1.82, 2.24) is 0 Å². The Morgan fingerprint density at radius 1 is 1.13 bits per heavy atom. The Morgan fingerprint density at radius 2 is 1.83 bits per heavy atom. The SMILES string of the molecule is Cc1ccc(S(=O)(=O)OCC(C)O)c(OCc2ccccc2)c1. The van der Waals surface area contributed by atoms with E-state index in [2.05, 4.69) is 0 Å². The summed E-state index contributed by atoms with van der Waals surface area (Å²) < 4.78 is 35.1. The Bertz CT molecular complexity index is 739. The highest BCUT2D eigenvalue weighted by atomic mass is 32.2. The molecule has 1 N–H and O–H groups in total. The zero-order chi connectivity index (χ0) is 16.9. The van der Waals surface area contributed by atoms with Crippen LogP contribution in [0.1, 0.15) is 18.1 Å². The highest BCUT2D eigenvalue weighted by Crippen LogP contribution is 2.27. The molecule has 0 saturated carbocycles. The lowest BCUT2D eigenvalue weighted by atomic mass is 10.2. The van der Waals surface area contributed by atoms with Crippen molar-refractivity contribution in [2.45, 2.75) is 31.5 Å². The zero-order valence-corrected chi connectivity index (χ0v) is 13.9. The van der Waals surface area contributed by atoms with Crippen molar-refractivity contribution in [1.29, 1.82) is 0 Å². The Labute approximate surface area is 136 Å². The monoisotopic (exact) mass is 336 g/mol. The third-order valence-corrected chi connectivity index (χ3v) is 4.39. The first-order valence-corrected chi connectivity index (χ1v) is 8.64. The van der Waals surface area contributed by atoms with Crippen LogP contribution < -0.4 is 4.74 Å². The summed E-state index contributed by atoms with van der Waals surface area (Å²) in [6, 6.07) is 14.2. The first-order valence-electron chi connectivity index (χ1n) is 7.23. The van der Waals surface area contributed by atoms with E-state index in [-0.39, 0.29) is 23.9 Å². The second-order valence-corrected chi connectivity index (χ2v) is 6.90. The lowest BCUT2D eigenvalue weighted by Crippen LogP contribution is -2.16. The molecule has 23 heavy (non-hydrogen) atoms. The lowest BCUT2D eigenvalue weighted by Gasteiger charge is -2.13. The Balaban J connectivity index is 2.23. The standard InChI is InChI=1S/C17H20O5S/c1-13-8-9-17(23(19,20)22-11-14(2)18)16(10-13)21-12-15-6-4-3-5-7-15/h3-10,14,18H,11-12H2,1-2H3. The van der Waals surface area contributed by atoms with E-state index < -0.39 is 16.2 Å². The smallest absolute Gasteiger partial charge is 0.300 e. The first-order chi connectivity index (χ1) is 10.9. The van der Waals surface area contributed by atoms with Crippen LogP contribution in [0, 0.1) is 6.92 Å². The van der Waals surface area contributed by atoms with Crippen LogP contribution >= 0.6 is 0 Å². The van der Waals surface area contributed by atoms with Crippen LogP contribution in [0.5, 0.6) is 5.75 Å². The first kappa shape index (κ1) is 17.5. The van der Waals surface area contributed by atoms with Crippen LogP contribution in [-0.2, 0) is 20.9 Å². The van der Waals surface area contributed by atoms with Gasteiger partial charge in [0.2, 0.25) is 0 Å². The number of aliphatic hydroxyl groups is 1. The van der Waals surface area contributed by atoms with Gasteiger partial charge in [0.15, 0.2) is 0 Å². The quantitative estimate of drug-likeness (QED) is 0.787. The van der Waals surface area contributed by atoms with E-state index in [1.54, 1.807) is 12.1 Å². The molecule has 0 fully saturated rings. The highest BCUT2D eigenvalue weighted by Gasteiger charge is 2.21. The van der Waals surface area contributed by atoms with Crippen LogP contribution in [0.25, 0.3) is 0 Å². The van der Waals surface area contributed by atoms with Gasteiger partial charge in [-0.15, -0.1) is 0 Å². The fourth-order valence-corrected chi connectivity index (χ4v) is 3.02. The van der Waals surface area contributed by atoms with Gasteiger partial charge in [-0.1, -0.05) is 36.4 Å². The van der Waals surface area contributed by atoms with Gasteiger partial charge in [0, 0.05) is 0 Å². The Morgan fingerprint density at radius 3 is 2.48 bits per heavy atom. The average Bonchev–Trinajstić information content (AvgIpc) is 2.52. The fraction of sp³-hybridized carbons (Fsp3) is 0.294. The molecule has 2 aromatic rings. The largest absolute Gasteiger partial charge is 0.487 e. The highest BCUT2D eigenvalue weighted by molar-refractivity contribution is 7.86. The third kappa shape index (κ3) is 5.06. The van der Waals surface area contributed by atoms with Gasteiger partial charge in [-0.2, -0.15) is 8.42 Å². The summed E-state index contributed by atoms with van der Waals surface area (Å²) in [6.45, 7) is 3.26. The second-order valence-electron chi connectivity index (χ2n) is 5.31. The third-order valence-electron chi connectivity index (χ3n) is 3.07. The Hall–Kier alpha value is -1.89. The number of benzene rings is 2. The van der Waals surface area contributed by atoms with Gasteiger partial charge in [-0.05, 0) is 37.1 Å². The average molecular weight is 336 g/mol. The van der Waals surface area contributed by atoms with E-state index >= 15 is 0 Å². The van der Waals surface area contributed by atoms with Crippen LogP contribution in [0.15, 0.2) is 53.4 Å². The van der Waals surface area contributed by atoms with Crippen LogP contribution in [-0.4, -0.2) is 26.2 Å². The Kier molecular flexibility index (Phi) is 5.76. The summed E-state index contributed by atoms with van der Waals surface area (Å²) in [5.74, 6) is 0.236. The zero-order valence-electron chi connectivity index (χ0n) is 13.1. The van der Waals surface area contributed by atoms with E-state index in [0.717, 1.165) is 11.1 Å². The maximum Gasteiger partial charge on any atom is 0.300 e. The van der Waals surface area contributed by atoms with Crippen molar-refractivity contribution < 1.29 is 22.4 Å². The molecule has 0 aliphatic heterocycles. The number of hydrogen-bond acceptors (Lipinski definition) is 5. The van der Waals surface area contributed by atoms with E-state index in [9.17, 15) is 13.5 Å². The molecule has 0 heterocycles. The molecule has 6 heteroatoms. The molecule has 124 valence electrons. The molecule has 1 unspecified atom stereocenters. The normalized spacial score (nSPS) is 12.8. The number of aryl methyl sites for hydroxylation is 1. The maximum atomic E-state index is 12.3. The van der Waals surface area contributed by atoms with Crippen molar-refractivity contribution >= 4 is 10.1 Å². The van der Waals surface area contributed by atoms with Crippen LogP contribution in [0.2, 0.25) is 0 Å². The number of ether oxygens (including phenoxy) is 1. The minimum Gasteiger partial charge on any atom is -0.487 e. The molecule has 0 radical (unpaired) electrons. The summed E-state index contributed by atoms with van der Waals surface area (Å²) in [7, 11) is -3.99. The minimum absolute atomic E-state index is 0.0420. The molecule has 0 bridgehead atoms. The summed E-state index contributed by atoms with van der Waals surface area (Å²) in [5.41, 5.74) is 1.81. The van der Waals surface area contributed by atoms with Crippen LogP contribution in [0.4, 0.5) is 0 Å². The van der Waals surface area contributed by atoms with E-state index in [1.807, 2.05) is 37.3 Å². The molecule has 0 saturated heterocycles. The topological polar surface area (TPSA) is 72.8 Å². The van der Waals surface area contributed by atoms with Gasteiger partial charge < -0.3 is 9.84 Å². The number of aliphatic hydroxyl groups excluding tert-OH is 1. The number of rotatable bonds is 7. The van der Waals surface area contributed by atoms with Gasteiger partial charge in [0.1, 0.15) is 17.3 Å². The molecule has 0 aliphatic rings. The molecule has 0 amide bonds. The second kappa shape index (κ2) is 7.59. The minimum atomic E-state index is -3.99. The summed E-state index contributed by atoms with van der Waals surface area (Å²) >= 11 is 0. The maximum absolute atomic E-state index is 12.3. The van der Waals surface area contributed by atoms with Crippen molar-refractivity contribution in [3.8, 4) is 5.75 Å². The van der Waals surface area contributed by atoms with E-state index in [1.165, 1.54) is 13.0 Å². The van der Waals surface area contributed by atoms with Crippen LogP contribution in [0.3, 0.4) is 0 Å². The predicted octanol–water partition coefficient (Wildman–Crippen LogP) is 2.66. The molecule has 0 aromatic heterocycles. The van der Waals surface area contributed by atoms with Gasteiger partial charge in [-0.25, -0.2) is 0 Å². The lowest BCUT2D eigenvalue weighted by molar-refractivity contribution is 0.125. The molecule has 1 atom stereocenters. The summed E-state index contributed by atoms with van der Waals surface area (Å²) in [5, 5.41) is 9.21. The van der Waals surface area contributed by atoms with Crippen molar-refractivity contribution in [3.05, 3.63) is 59.7 Å². The fourth-order valence-electron chi connectivity index (χ4n) is 1.92. The number of hydrogen-bond donors (Lipinski definition) is 1. The van der Waals surface area contributed by atoms with Gasteiger partial charge in [-0.3, -0.25) is 4.18 Å². The molecule has 0 spiro atoms. The van der Waals surface area contributed by atoms with E-state index in [4.69, 9.17) is 8.92 Å². The van der Waals surface area contributed by atoms with Crippen molar-refractivity contribution in [2.75, 3.05) is 6.61 Å². The molecular weight excluding hydrogens is 316 g/mol. The van der Waals surface area contributed by atoms with Gasteiger partial charge >= 0.3 is 10.1 Å². The molecule has 5 nitrogen and oxygen atoms in total.